The Balaban J connectivity index is 2.28. The Morgan fingerprint density at radius 1 is 1.10 bits per heavy atom. The number of phenols is 1. The third-order valence-corrected chi connectivity index (χ3v) is 3.89. The molecule has 2 N–H and O–H groups in total. The van der Waals surface area contributed by atoms with Crippen molar-refractivity contribution in [3.8, 4) is 11.5 Å². The van der Waals surface area contributed by atoms with Gasteiger partial charge in [0.15, 0.2) is 0 Å². The number of aromatic hydroxyl groups is 1. The molecule has 2 aromatic rings. The molecule has 6 heteroatoms. The predicted octanol–water partition coefficient (Wildman–Crippen LogP) is 5.53. The van der Waals surface area contributed by atoms with Crippen LogP contribution in [0, 0.1) is 0 Å². The van der Waals surface area contributed by atoms with Crippen LogP contribution in [-0.4, -0.2) is 12.2 Å². The molecular formula is C15H14Cl3NO2. The summed E-state index contributed by atoms with van der Waals surface area (Å²) in [4.78, 5) is 0. The zero-order valence-electron chi connectivity index (χ0n) is 11.5. The van der Waals surface area contributed by atoms with Gasteiger partial charge in [-0.2, -0.15) is 0 Å². The molecule has 0 saturated heterocycles. The molecule has 112 valence electrons. The van der Waals surface area contributed by atoms with Crippen LogP contribution in [-0.2, 0) is 0 Å². The summed E-state index contributed by atoms with van der Waals surface area (Å²) in [7, 11) is 1.55. The molecule has 1 unspecified atom stereocenters. The highest BCUT2D eigenvalue weighted by Gasteiger charge is 2.15. The van der Waals surface area contributed by atoms with Gasteiger partial charge in [0, 0.05) is 16.7 Å². The quantitative estimate of drug-likeness (QED) is 0.764. The highest BCUT2D eigenvalue weighted by atomic mass is 35.5. The SMILES string of the molecule is COc1ccc(C(C)Nc2c(Cl)cc(Cl)cc2Cl)c(O)c1. The first-order valence-electron chi connectivity index (χ1n) is 6.20. The highest BCUT2D eigenvalue weighted by Crippen LogP contribution is 2.37. The molecule has 0 radical (unpaired) electrons. The summed E-state index contributed by atoms with van der Waals surface area (Å²) < 4.78 is 5.06. The van der Waals surface area contributed by atoms with E-state index in [-0.39, 0.29) is 11.8 Å². The molecular weight excluding hydrogens is 333 g/mol. The second kappa shape index (κ2) is 6.65. The summed E-state index contributed by atoms with van der Waals surface area (Å²) in [5.41, 5.74) is 1.28. The standard InChI is InChI=1S/C15H14Cl3NO2/c1-8(11-4-3-10(21-2)7-14(11)20)19-15-12(17)5-9(16)6-13(15)18/h3-8,19-20H,1-2H3. The first kappa shape index (κ1) is 16.1. The topological polar surface area (TPSA) is 41.5 Å². The fourth-order valence-electron chi connectivity index (χ4n) is 1.99. The molecule has 2 rings (SSSR count). The number of methoxy groups -OCH3 is 1. The number of rotatable bonds is 4. The molecule has 0 saturated carbocycles. The Morgan fingerprint density at radius 2 is 1.71 bits per heavy atom. The van der Waals surface area contributed by atoms with Crippen LogP contribution in [0.15, 0.2) is 30.3 Å². The van der Waals surface area contributed by atoms with Gasteiger partial charge in [0.1, 0.15) is 11.5 Å². The second-order valence-corrected chi connectivity index (χ2v) is 5.79. The van der Waals surface area contributed by atoms with Gasteiger partial charge in [0.2, 0.25) is 0 Å². The molecule has 0 aliphatic carbocycles. The van der Waals surface area contributed by atoms with Crippen LogP contribution in [0.3, 0.4) is 0 Å². The van der Waals surface area contributed by atoms with E-state index in [1.807, 2.05) is 6.92 Å². The minimum atomic E-state index is -0.202. The van der Waals surface area contributed by atoms with Gasteiger partial charge < -0.3 is 15.2 Å². The van der Waals surface area contributed by atoms with E-state index in [1.54, 1.807) is 37.4 Å². The summed E-state index contributed by atoms with van der Waals surface area (Å²) >= 11 is 18.2. The Kier molecular flexibility index (Phi) is 5.09. The monoisotopic (exact) mass is 345 g/mol. The van der Waals surface area contributed by atoms with Crippen molar-refractivity contribution >= 4 is 40.5 Å². The van der Waals surface area contributed by atoms with E-state index in [4.69, 9.17) is 39.5 Å². The lowest BCUT2D eigenvalue weighted by atomic mass is 10.1. The van der Waals surface area contributed by atoms with Crippen molar-refractivity contribution < 1.29 is 9.84 Å². The lowest BCUT2D eigenvalue weighted by molar-refractivity contribution is 0.406. The van der Waals surface area contributed by atoms with Crippen LogP contribution in [0.5, 0.6) is 11.5 Å². The van der Waals surface area contributed by atoms with Crippen LogP contribution in [0.4, 0.5) is 5.69 Å². The van der Waals surface area contributed by atoms with E-state index in [0.717, 1.165) is 0 Å². The number of benzene rings is 2. The number of halogens is 3. The van der Waals surface area contributed by atoms with Crippen molar-refractivity contribution in [3.63, 3.8) is 0 Å². The fourth-order valence-corrected chi connectivity index (χ4v) is 2.92. The number of ether oxygens (including phenoxy) is 1. The summed E-state index contributed by atoms with van der Waals surface area (Å²) in [5, 5.41) is 14.5. The van der Waals surface area contributed by atoms with Crippen LogP contribution >= 0.6 is 34.8 Å². The van der Waals surface area contributed by atoms with Gasteiger partial charge in [-0.05, 0) is 31.2 Å². The minimum Gasteiger partial charge on any atom is -0.507 e. The van der Waals surface area contributed by atoms with Gasteiger partial charge in [-0.25, -0.2) is 0 Å². The molecule has 0 aromatic heterocycles. The number of phenolic OH excluding ortho intramolecular Hbond substituents is 1. The van der Waals surface area contributed by atoms with Crippen LogP contribution < -0.4 is 10.1 Å². The first-order chi connectivity index (χ1) is 9.92. The Morgan fingerprint density at radius 3 is 2.24 bits per heavy atom. The van der Waals surface area contributed by atoms with Gasteiger partial charge >= 0.3 is 0 Å². The average molecular weight is 347 g/mol. The maximum atomic E-state index is 10.0. The maximum absolute atomic E-state index is 10.0. The lowest BCUT2D eigenvalue weighted by Crippen LogP contribution is -2.08. The lowest BCUT2D eigenvalue weighted by Gasteiger charge is -2.19. The Labute approximate surface area is 138 Å². The number of nitrogens with one attached hydrogen (secondary N) is 1. The molecule has 0 aliphatic rings. The normalized spacial score (nSPS) is 12.0. The molecule has 3 nitrogen and oxygen atoms in total. The maximum Gasteiger partial charge on any atom is 0.124 e. The molecule has 0 aliphatic heterocycles. The number of hydrogen-bond donors (Lipinski definition) is 2. The van der Waals surface area contributed by atoms with Gasteiger partial charge in [-0.15, -0.1) is 0 Å². The van der Waals surface area contributed by atoms with Crippen molar-refractivity contribution in [2.75, 3.05) is 12.4 Å². The highest BCUT2D eigenvalue weighted by molar-refractivity contribution is 6.41. The van der Waals surface area contributed by atoms with Crippen molar-refractivity contribution in [1.29, 1.82) is 0 Å². The molecule has 21 heavy (non-hydrogen) atoms. The van der Waals surface area contributed by atoms with E-state index in [2.05, 4.69) is 5.32 Å². The second-order valence-electron chi connectivity index (χ2n) is 4.54. The van der Waals surface area contributed by atoms with E-state index in [0.29, 0.717) is 32.1 Å². The smallest absolute Gasteiger partial charge is 0.124 e. The van der Waals surface area contributed by atoms with E-state index >= 15 is 0 Å². The fraction of sp³-hybridized carbons (Fsp3) is 0.200. The molecule has 0 amide bonds. The summed E-state index contributed by atoms with van der Waals surface area (Å²) in [6.45, 7) is 1.89. The van der Waals surface area contributed by atoms with Crippen LogP contribution in [0.1, 0.15) is 18.5 Å². The Bertz CT molecular complexity index is 638. The third kappa shape index (κ3) is 3.67. The van der Waals surface area contributed by atoms with Crippen molar-refractivity contribution in [2.24, 2.45) is 0 Å². The van der Waals surface area contributed by atoms with Crippen LogP contribution in [0.2, 0.25) is 15.1 Å². The van der Waals surface area contributed by atoms with Crippen molar-refractivity contribution in [3.05, 3.63) is 51.0 Å². The molecule has 0 bridgehead atoms. The molecule has 0 heterocycles. The van der Waals surface area contributed by atoms with E-state index in [9.17, 15) is 5.11 Å². The Hall–Kier alpha value is -1.29. The predicted molar refractivity (Wildman–Crippen MR) is 88.2 cm³/mol. The molecule has 1 atom stereocenters. The first-order valence-corrected chi connectivity index (χ1v) is 7.33. The van der Waals surface area contributed by atoms with E-state index in [1.165, 1.54) is 0 Å². The van der Waals surface area contributed by atoms with Crippen molar-refractivity contribution in [2.45, 2.75) is 13.0 Å². The number of anilines is 1. The zero-order chi connectivity index (χ0) is 15.6. The van der Waals surface area contributed by atoms with Gasteiger partial charge in [0.05, 0.1) is 28.9 Å². The summed E-state index contributed by atoms with van der Waals surface area (Å²) in [6, 6.07) is 8.13. The molecule has 0 fully saturated rings. The minimum absolute atomic E-state index is 0.135. The molecule has 0 spiro atoms. The number of hydrogen-bond acceptors (Lipinski definition) is 3. The molecule has 2 aromatic carbocycles. The van der Waals surface area contributed by atoms with Gasteiger partial charge in [0.25, 0.3) is 0 Å². The van der Waals surface area contributed by atoms with Gasteiger partial charge in [-0.3, -0.25) is 0 Å². The van der Waals surface area contributed by atoms with Gasteiger partial charge in [-0.1, -0.05) is 34.8 Å². The zero-order valence-corrected chi connectivity index (χ0v) is 13.7. The summed E-state index contributed by atoms with van der Waals surface area (Å²) in [5.74, 6) is 0.724. The van der Waals surface area contributed by atoms with E-state index < -0.39 is 0 Å². The largest absolute Gasteiger partial charge is 0.507 e. The third-order valence-electron chi connectivity index (χ3n) is 3.07. The summed E-state index contributed by atoms with van der Waals surface area (Å²) in [6.07, 6.45) is 0. The van der Waals surface area contributed by atoms with Crippen molar-refractivity contribution in [1.82, 2.24) is 0 Å². The van der Waals surface area contributed by atoms with Crippen LogP contribution in [0.25, 0.3) is 0 Å². The average Bonchev–Trinajstić information content (AvgIpc) is 2.42.